The molecule has 150 valence electrons. The first kappa shape index (κ1) is 18.5. The first-order valence-electron chi connectivity index (χ1n) is 10.2. The predicted molar refractivity (Wildman–Crippen MR) is 115 cm³/mol. The molecule has 1 aliphatic rings. The highest BCUT2D eigenvalue weighted by Crippen LogP contribution is 2.42. The lowest BCUT2D eigenvalue weighted by atomic mass is 10.0. The molecule has 0 aliphatic carbocycles. The molecule has 1 atom stereocenters. The van der Waals surface area contributed by atoms with Gasteiger partial charge in [0.25, 0.3) is 0 Å². The van der Waals surface area contributed by atoms with E-state index in [1.807, 2.05) is 49.2 Å². The van der Waals surface area contributed by atoms with E-state index in [-0.39, 0.29) is 11.9 Å². The van der Waals surface area contributed by atoms with Crippen LogP contribution >= 0.6 is 0 Å². The molecular formula is C24H22N4O2. The molecule has 1 aliphatic heterocycles. The van der Waals surface area contributed by atoms with Gasteiger partial charge in [0.1, 0.15) is 5.76 Å². The van der Waals surface area contributed by atoms with Crippen molar-refractivity contribution in [3.8, 4) is 11.1 Å². The third kappa shape index (κ3) is 2.79. The molecule has 3 aromatic heterocycles. The predicted octanol–water partition coefficient (Wildman–Crippen LogP) is 4.94. The van der Waals surface area contributed by atoms with E-state index in [9.17, 15) is 4.79 Å². The van der Waals surface area contributed by atoms with Crippen LogP contribution < -0.4 is 4.90 Å². The quantitative estimate of drug-likeness (QED) is 0.487. The van der Waals surface area contributed by atoms with Gasteiger partial charge >= 0.3 is 0 Å². The lowest BCUT2D eigenvalue weighted by Crippen LogP contribution is -2.32. The van der Waals surface area contributed by atoms with Crippen LogP contribution in [0.25, 0.3) is 22.0 Å². The molecule has 6 nitrogen and oxygen atoms in total. The largest absolute Gasteiger partial charge is 0.361 e. The van der Waals surface area contributed by atoms with E-state index in [0.29, 0.717) is 6.42 Å². The number of nitrogens with zero attached hydrogens (tertiary/aromatic N) is 4. The van der Waals surface area contributed by atoms with Crippen molar-refractivity contribution in [3.05, 3.63) is 71.5 Å². The van der Waals surface area contributed by atoms with Crippen molar-refractivity contribution < 1.29 is 9.32 Å². The highest BCUT2D eigenvalue weighted by Gasteiger charge is 2.35. The number of hydrogen-bond acceptors (Lipinski definition) is 5. The van der Waals surface area contributed by atoms with E-state index < -0.39 is 0 Å². The molecule has 5 rings (SSSR count). The summed E-state index contributed by atoms with van der Waals surface area (Å²) in [4.78, 5) is 24.1. The smallest absolute Gasteiger partial charge is 0.232 e. The molecule has 30 heavy (non-hydrogen) atoms. The first-order valence-corrected chi connectivity index (χ1v) is 10.2. The summed E-state index contributed by atoms with van der Waals surface area (Å²) in [7, 11) is 0. The van der Waals surface area contributed by atoms with Gasteiger partial charge in [0, 0.05) is 28.9 Å². The van der Waals surface area contributed by atoms with Gasteiger partial charge in [-0.15, -0.1) is 0 Å². The van der Waals surface area contributed by atoms with Gasteiger partial charge in [0.2, 0.25) is 5.91 Å². The lowest BCUT2D eigenvalue weighted by molar-refractivity contribution is -0.117. The number of amides is 1. The van der Waals surface area contributed by atoms with Gasteiger partial charge in [-0.2, -0.15) is 0 Å². The fraction of sp³-hybridized carbons (Fsp3) is 0.250. The van der Waals surface area contributed by atoms with Crippen LogP contribution in [0.5, 0.6) is 0 Å². The Morgan fingerprint density at radius 1 is 1.17 bits per heavy atom. The van der Waals surface area contributed by atoms with Gasteiger partial charge in [-0.05, 0) is 44.0 Å². The molecule has 0 radical (unpaired) electrons. The van der Waals surface area contributed by atoms with Gasteiger partial charge in [-0.3, -0.25) is 14.8 Å². The van der Waals surface area contributed by atoms with Crippen LogP contribution in [0, 0.1) is 13.8 Å². The van der Waals surface area contributed by atoms with Crippen molar-refractivity contribution in [3.63, 3.8) is 0 Å². The number of benzene rings is 1. The Morgan fingerprint density at radius 3 is 2.73 bits per heavy atom. The summed E-state index contributed by atoms with van der Waals surface area (Å²) in [5.41, 5.74) is 6.53. The molecule has 1 amide bonds. The Bertz CT molecular complexity index is 1240. The SMILES string of the molecule is CC[C@H](c1ccccn1)N1C(=O)Cc2cnc3cc(-c4c(C)noc4C)ccc3c21. The number of rotatable bonds is 4. The van der Waals surface area contributed by atoms with Gasteiger partial charge in [-0.25, -0.2) is 0 Å². The van der Waals surface area contributed by atoms with Crippen molar-refractivity contribution in [2.75, 3.05) is 4.90 Å². The van der Waals surface area contributed by atoms with Gasteiger partial charge in [0.15, 0.2) is 0 Å². The molecule has 4 heterocycles. The number of fused-ring (bicyclic) bond motifs is 3. The van der Waals surface area contributed by atoms with Crippen molar-refractivity contribution in [1.29, 1.82) is 0 Å². The summed E-state index contributed by atoms with van der Waals surface area (Å²) >= 11 is 0. The van der Waals surface area contributed by atoms with Crippen LogP contribution in [0.1, 0.15) is 42.1 Å². The van der Waals surface area contributed by atoms with Crippen LogP contribution in [0.15, 0.2) is 53.3 Å². The summed E-state index contributed by atoms with van der Waals surface area (Å²) in [5, 5.41) is 5.04. The van der Waals surface area contributed by atoms with Crippen LogP contribution in [0.2, 0.25) is 0 Å². The summed E-state index contributed by atoms with van der Waals surface area (Å²) in [6, 6.07) is 11.9. The minimum absolute atomic E-state index is 0.0894. The maximum absolute atomic E-state index is 13.0. The molecule has 0 N–H and O–H groups in total. The monoisotopic (exact) mass is 398 g/mol. The number of pyridine rings is 2. The van der Waals surface area contributed by atoms with Crippen molar-refractivity contribution in [2.45, 2.75) is 39.7 Å². The summed E-state index contributed by atoms with van der Waals surface area (Å²) in [6.07, 6.45) is 4.76. The number of carbonyl (C=O) groups is 1. The average molecular weight is 398 g/mol. The summed E-state index contributed by atoms with van der Waals surface area (Å²) < 4.78 is 5.33. The summed E-state index contributed by atoms with van der Waals surface area (Å²) in [6.45, 7) is 5.93. The van der Waals surface area contributed by atoms with Crippen LogP contribution in [-0.2, 0) is 11.2 Å². The molecule has 0 spiro atoms. The third-order valence-electron chi connectivity index (χ3n) is 5.82. The van der Waals surface area contributed by atoms with E-state index in [4.69, 9.17) is 4.52 Å². The zero-order valence-electron chi connectivity index (χ0n) is 17.2. The molecule has 0 saturated carbocycles. The van der Waals surface area contributed by atoms with Crippen LogP contribution in [-0.4, -0.2) is 21.0 Å². The Kier molecular flexibility index (Phi) is 4.35. The van der Waals surface area contributed by atoms with E-state index in [1.54, 1.807) is 6.20 Å². The van der Waals surface area contributed by atoms with Crippen molar-refractivity contribution in [1.82, 2.24) is 15.1 Å². The van der Waals surface area contributed by atoms with E-state index >= 15 is 0 Å². The van der Waals surface area contributed by atoms with Crippen molar-refractivity contribution in [2.24, 2.45) is 0 Å². The molecular weight excluding hydrogens is 376 g/mol. The minimum Gasteiger partial charge on any atom is -0.361 e. The van der Waals surface area contributed by atoms with Crippen molar-refractivity contribution >= 4 is 22.5 Å². The third-order valence-corrected chi connectivity index (χ3v) is 5.82. The number of aromatic nitrogens is 3. The molecule has 0 unspecified atom stereocenters. The lowest BCUT2D eigenvalue weighted by Gasteiger charge is -2.28. The topological polar surface area (TPSA) is 72.1 Å². The van der Waals surface area contributed by atoms with Gasteiger partial charge in [-0.1, -0.05) is 30.3 Å². The summed E-state index contributed by atoms with van der Waals surface area (Å²) in [5.74, 6) is 0.873. The van der Waals surface area contributed by atoms with E-state index in [2.05, 4.69) is 34.2 Å². The first-order chi connectivity index (χ1) is 14.6. The molecule has 4 aromatic rings. The van der Waals surface area contributed by atoms with Crippen LogP contribution in [0.3, 0.4) is 0 Å². The second kappa shape index (κ2) is 7.06. The second-order valence-corrected chi connectivity index (χ2v) is 7.68. The molecule has 6 heteroatoms. The fourth-order valence-corrected chi connectivity index (χ4v) is 4.48. The maximum Gasteiger partial charge on any atom is 0.232 e. The molecule has 1 aromatic carbocycles. The Balaban J connectivity index is 1.67. The Labute approximate surface area is 174 Å². The average Bonchev–Trinajstić information content (AvgIpc) is 3.27. The number of hydrogen-bond donors (Lipinski definition) is 0. The Hall–Kier alpha value is -3.54. The zero-order valence-corrected chi connectivity index (χ0v) is 17.2. The normalized spacial score (nSPS) is 14.4. The standard InChI is InChI=1S/C24H22N4O2/c1-4-21(19-7-5-6-10-25-19)28-22(29)12-17-13-26-20-11-16(8-9-18(20)24(17)28)23-14(2)27-30-15(23)3/h5-11,13,21H,4,12H2,1-3H3/t21-/m1/s1. The highest BCUT2D eigenvalue weighted by molar-refractivity contribution is 6.10. The second-order valence-electron chi connectivity index (χ2n) is 7.68. The molecule has 0 fully saturated rings. The minimum atomic E-state index is -0.104. The van der Waals surface area contributed by atoms with Gasteiger partial charge < -0.3 is 9.42 Å². The number of aryl methyl sites for hydroxylation is 2. The molecule has 0 saturated heterocycles. The fourth-order valence-electron chi connectivity index (χ4n) is 4.48. The van der Waals surface area contributed by atoms with Crippen LogP contribution in [0.4, 0.5) is 5.69 Å². The molecule has 0 bridgehead atoms. The Morgan fingerprint density at radius 2 is 2.03 bits per heavy atom. The number of anilines is 1. The van der Waals surface area contributed by atoms with E-state index in [1.165, 1.54) is 0 Å². The van der Waals surface area contributed by atoms with E-state index in [0.717, 1.165) is 56.8 Å². The zero-order chi connectivity index (χ0) is 20.8. The highest BCUT2D eigenvalue weighted by atomic mass is 16.5. The van der Waals surface area contributed by atoms with Gasteiger partial charge in [0.05, 0.1) is 35.1 Å². The maximum atomic E-state index is 13.0. The number of carbonyl (C=O) groups excluding carboxylic acids is 1.